The molecule has 3 nitrogen and oxygen atoms in total. The SMILES string of the molecule is C=C(C)C(=O)OCCSSCCN. The van der Waals surface area contributed by atoms with Crippen LogP contribution in [0.3, 0.4) is 0 Å². The van der Waals surface area contributed by atoms with Crippen LogP contribution in [0.4, 0.5) is 0 Å². The monoisotopic (exact) mass is 221 g/mol. The van der Waals surface area contributed by atoms with Gasteiger partial charge in [-0.2, -0.15) is 0 Å². The van der Waals surface area contributed by atoms with Crippen molar-refractivity contribution in [1.82, 2.24) is 0 Å². The molecule has 0 unspecified atom stereocenters. The van der Waals surface area contributed by atoms with E-state index in [1.54, 1.807) is 28.5 Å². The maximum Gasteiger partial charge on any atom is 0.333 e. The molecular formula is C8H15NO2S2. The molecule has 76 valence electrons. The lowest BCUT2D eigenvalue weighted by atomic mass is 10.4. The number of ether oxygens (including phenoxy) is 1. The van der Waals surface area contributed by atoms with E-state index in [0.29, 0.717) is 18.7 Å². The molecule has 0 aliphatic carbocycles. The summed E-state index contributed by atoms with van der Waals surface area (Å²) in [5.74, 6) is 1.41. The van der Waals surface area contributed by atoms with Crippen LogP contribution in [0.2, 0.25) is 0 Å². The molecule has 0 aromatic rings. The third-order valence-corrected chi connectivity index (χ3v) is 3.44. The zero-order chi connectivity index (χ0) is 10.1. The van der Waals surface area contributed by atoms with Gasteiger partial charge < -0.3 is 10.5 Å². The quantitative estimate of drug-likeness (QED) is 0.305. The van der Waals surface area contributed by atoms with Gasteiger partial charge in [0.25, 0.3) is 0 Å². The number of esters is 1. The summed E-state index contributed by atoms with van der Waals surface area (Å²) in [6.45, 7) is 6.24. The van der Waals surface area contributed by atoms with Gasteiger partial charge in [0.1, 0.15) is 6.61 Å². The Balaban J connectivity index is 3.16. The number of carbonyl (C=O) groups is 1. The van der Waals surface area contributed by atoms with E-state index in [1.165, 1.54) is 0 Å². The Morgan fingerprint density at radius 2 is 2.08 bits per heavy atom. The lowest BCUT2D eigenvalue weighted by Gasteiger charge is -2.02. The van der Waals surface area contributed by atoms with Crippen LogP contribution in [0.15, 0.2) is 12.2 Å². The Bertz CT molecular complexity index is 174. The summed E-state index contributed by atoms with van der Waals surface area (Å²) < 4.78 is 4.88. The number of nitrogens with two attached hydrogens (primary N) is 1. The van der Waals surface area contributed by atoms with Gasteiger partial charge in [0.2, 0.25) is 0 Å². The summed E-state index contributed by atoms with van der Waals surface area (Å²) in [4.78, 5) is 10.9. The van der Waals surface area contributed by atoms with E-state index in [1.807, 2.05) is 0 Å². The summed E-state index contributed by atoms with van der Waals surface area (Å²) in [6, 6.07) is 0. The van der Waals surface area contributed by atoms with Crippen molar-refractivity contribution in [2.45, 2.75) is 6.92 Å². The van der Waals surface area contributed by atoms with Gasteiger partial charge in [-0.05, 0) is 6.92 Å². The molecule has 0 atom stereocenters. The van der Waals surface area contributed by atoms with E-state index in [-0.39, 0.29) is 5.97 Å². The minimum absolute atomic E-state index is 0.315. The highest BCUT2D eigenvalue weighted by atomic mass is 33.1. The fourth-order valence-corrected chi connectivity index (χ4v) is 2.14. The summed E-state index contributed by atoms with van der Waals surface area (Å²) in [5.41, 5.74) is 5.74. The minimum Gasteiger partial charge on any atom is -0.461 e. The Labute approximate surface area is 86.9 Å². The van der Waals surface area contributed by atoms with Crippen molar-refractivity contribution in [3.05, 3.63) is 12.2 Å². The van der Waals surface area contributed by atoms with Crippen molar-refractivity contribution in [2.75, 3.05) is 24.7 Å². The predicted octanol–water partition coefficient (Wildman–Crippen LogP) is 1.45. The van der Waals surface area contributed by atoms with Crippen LogP contribution in [-0.4, -0.2) is 30.6 Å². The molecule has 0 saturated carbocycles. The van der Waals surface area contributed by atoms with Crippen molar-refractivity contribution in [2.24, 2.45) is 5.73 Å². The van der Waals surface area contributed by atoms with Gasteiger partial charge in [0.15, 0.2) is 0 Å². The minimum atomic E-state index is -0.315. The lowest BCUT2D eigenvalue weighted by molar-refractivity contribution is -0.138. The number of hydrogen-bond donors (Lipinski definition) is 1. The highest BCUT2D eigenvalue weighted by Crippen LogP contribution is 2.19. The van der Waals surface area contributed by atoms with Crippen LogP contribution in [0.1, 0.15) is 6.92 Å². The van der Waals surface area contributed by atoms with Gasteiger partial charge in [-0.1, -0.05) is 28.2 Å². The van der Waals surface area contributed by atoms with Crippen molar-refractivity contribution < 1.29 is 9.53 Å². The van der Waals surface area contributed by atoms with Gasteiger partial charge in [-0.25, -0.2) is 4.79 Å². The highest BCUT2D eigenvalue weighted by Gasteiger charge is 2.01. The molecule has 0 amide bonds. The number of carbonyl (C=O) groups excluding carboxylic acids is 1. The first kappa shape index (κ1) is 12.9. The molecular weight excluding hydrogens is 206 g/mol. The Kier molecular flexibility index (Phi) is 8.38. The maximum absolute atomic E-state index is 10.9. The first-order valence-electron chi connectivity index (χ1n) is 3.95. The van der Waals surface area contributed by atoms with Crippen LogP contribution in [0, 0.1) is 0 Å². The van der Waals surface area contributed by atoms with Crippen molar-refractivity contribution in [1.29, 1.82) is 0 Å². The third kappa shape index (κ3) is 8.21. The second-order valence-corrected chi connectivity index (χ2v) is 5.05. The lowest BCUT2D eigenvalue weighted by Crippen LogP contribution is -2.07. The molecule has 0 fully saturated rings. The zero-order valence-corrected chi connectivity index (χ0v) is 9.38. The number of rotatable bonds is 7. The molecule has 5 heteroatoms. The normalized spacial score (nSPS) is 9.69. The predicted molar refractivity (Wildman–Crippen MR) is 59.7 cm³/mol. The van der Waals surface area contributed by atoms with E-state index in [4.69, 9.17) is 10.5 Å². The summed E-state index contributed by atoms with van der Waals surface area (Å²) >= 11 is 0. The Hall–Kier alpha value is -0.130. The third-order valence-electron chi connectivity index (χ3n) is 1.03. The molecule has 0 rings (SSSR count). The van der Waals surface area contributed by atoms with Crippen LogP contribution in [0.25, 0.3) is 0 Å². The molecule has 0 spiro atoms. The topological polar surface area (TPSA) is 52.3 Å². The smallest absolute Gasteiger partial charge is 0.333 e. The van der Waals surface area contributed by atoms with E-state index in [9.17, 15) is 4.79 Å². The number of hydrogen-bond acceptors (Lipinski definition) is 5. The van der Waals surface area contributed by atoms with Gasteiger partial charge in [-0.15, -0.1) is 0 Å². The van der Waals surface area contributed by atoms with E-state index < -0.39 is 0 Å². The average Bonchev–Trinajstić information content (AvgIpc) is 2.10. The summed E-state index contributed by atoms with van der Waals surface area (Å²) in [7, 11) is 3.35. The fraction of sp³-hybridized carbons (Fsp3) is 0.625. The first-order valence-corrected chi connectivity index (χ1v) is 6.44. The summed E-state index contributed by atoms with van der Waals surface area (Å²) in [6.07, 6.45) is 0. The standard InChI is InChI=1S/C8H15NO2S2/c1-7(2)8(10)11-4-6-13-12-5-3-9/h1,3-6,9H2,2H3. The van der Waals surface area contributed by atoms with E-state index in [2.05, 4.69) is 6.58 Å². The molecule has 0 aliphatic heterocycles. The second kappa shape index (κ2) is 8.47. The molecule has 0 aliphatic rings. The summed E-state index contributed by atoms with van der Waals surface area (Å²) in [5, 5.41) is 0. The van der Waals surface area contributed by atoms with Crippen LogP contribution < -0.4 is 5.73 Å². The van der Waals surface area contributed by atoms with Gasteiger partial charge >= 0.3 is 5.97 Å². The van der Waals surface area contributed by atoms with Crippen LogP contribution >= 0.6 is 21.6 Å². The molecule has 0 radical (unpaired) electrons. The van der Waals surface area contributed by atoms with E-state index >= 15 is 0 Å². The molecule has 0 aromatic heterocycles. The maximum atomic E-state index is 10.9. The van der Waals surface area contributed by atoms with Gasteiger partial charge in [-0.3, -0.25) is 0 Å². The Morgan fingerprint density at radius 3 is 2.62 bits per heavy atom. The largest absolute Gasteiger partial charge is 0.461 e. The van der Waals surface area contributed by atoms with Gasteiger partial charge in [0.05, 0.1) is 0 Å². The molecule has 0 bridgehead atoms. The van der Waals surface area contributed by atoms with Crippen molar-refractivity contribution >= 4 is 27.6 Å². The Morgan fingerprint density at radius 1 is 1.46 bits per heavy atom. The highest BCUT2D eigenvalue weighted by molar-refractivity contribution is 8.76. The molecule has 2 N–H and O–H groups in total. The van der Waals surface area contributed by atoms with E-state index in [0.717, 1.165) is 11.5 Å². The average molecular weight is 221 g/mol. The van der Waals surface area contributed by atoms with Crippen molar-refractivity contribution in [3.8, 4) is 0 Å². The second-order valence-electron chi connectivity index (χ2n) is 2.35. The van der Waals surface area contributed by atoms with Crippen LogP contribution in [0.5, 0.6) is 0 Å². The zero-order valence-electron chi connectivity index (χ0n) is 7.75. The molecule has 0 saturated heterocycles. The van der Waals surface area contributed by atoms with Crippen LogP contribution in [-0.2, 0) is 9.53 Å². The molecule has 13 heavy (non-hydrogen) atoms. The van der Waals surface area contributed by atoms with Gasteiger partial charge in [0, 0.05) is 23.6 Å². The van der Waals surface area contributed by atoms with Crippen molar-refractivity contribution in [3.63, 3.8) is 0 Å². The molecule has 0 heterocycles. The molecule has 0 aromatic carbocycles. The fourth-order valence-electron chi connectivity index (χ4n) is 0.458. The first-order chi connectivity index (χ1) is 6.18.